The van der Waals surface area contributed by atoms with Gasteiger partial charge >= 0.3 is 0 Å². The number of halogens is 1. The molecule has 4 nitrogen and oxygen atoms in total. The van der Waals surface area contributed by atoms with Crippen molar-refractivity contribution in [1.82, 2.24) is 10.6 Å². The van der Waals surface area contributed by atoms with Gasteiger partial charge in [0.25, 0.3) is 5.91 Å². The summed E-state index contributed by atoms with van der Waals surface area (Å²) in [5.41, 5.74) is 0.457. The first kappa shape index (κ1) is 11.9. The molecule has 0 radical (unpaired) electrons. The van der Waals surface area contributed by atoms with Gasteiger partial charge in [-0.3, -0.25) is 9.59 Å². The monoisotopic (exact) mass is 252 g/mol. The third-order valence-corrected chi connectivity index (χ3v) is 3.04. The van der Waals surface area contributed by atoms with Crippen molar-refractivity contribution in [3.63, 3.8) is 0 Å². The van der Waals surface area contributed by atoms with Crippen molar-refractivity contribution < 1.29 is 9.59 Å². The van der Waals surface area contributed by atoms with E-state index < -0.39 is 0 Å². The molecule has 1 aliphatic rings. The fourth-order valence-corrected chi connectivity index (χ4v) is 2.01. The lowest BCUT2D eigenvalue weighted by atomic mass is 10.2. The van der Waals surface area contributed by atoms with Crippen LogP contribution in [-0.4, -0.2) is 24.4 Å². The zero-order chi connectivity index (χ0) is 12.3. The van der Waals surface area contributed by atoms with Crippen LogP contribution >= 0.6 is 11.6 Å². The van der Waals surface area contributed by atoms with Gasteiger partial charge in [0.05, 0.1) is 10.6 Å². The Balaban J connectivity index is 1.90. The largest absolute Gasteiger partial charge is 0.352 e. The van der Waals surface area contributed by atoms with Crippen molar-refractivity contribution in [3.8, 4) is 0 Å². The second kappa shape index (κ2) is 5.19. The second-order valence-corrected chi connectivity index (χ2v) is 4.40. The number of carbonyl (C=O) groups excluding carboxylic acids is 2. The SMILES string of the molecule is O=C1CCC(CNC(=O)c2ccccc2Cl)N1. The first-order valence-electron chi connectivity index (χ1n) is 5.49. The standard InChI is InChI=1S/C12H13ClN2O2/c13-10-4-2-1-3-9(10)12(17)14-7-8-5-6-11(16)15-8/h1-4,8H,5-7H2,(H,14,17)(H,15,16). The average molecular weight is 253 g/mol. The summed E-state index contributed by atoms with van der Waals surface area (Å²) in [5, 5.41) is 5.98. The van der Waals surface area contributed by atoms with Crippen LogP contribution in [0.15, 0.2) is 24.3 Å². The van der Waals surface area contributed by atoms with Crippen molar-refractivity contribution in [2.75, 3.05) is 6.54 Å². The Morgan fingerprint density at radius 1 is 1.47 bits per heavy atom. The zero-order valence-corrected chi connectivity index (χ0v) is 9.96. The minimum absolute atomic E-state index is 0.0361. The Labute approximate surface area is 104 Å². The third-order valence-electron chi connectivity index (χ3n) is 2.71. The van der Waals surface area contributed by atoms with E-state index in [4.69, 9.17) is 11.6 Å². The molecule has 0 bridgehead atoms. The quantitative estimate of drug-likeness (QED) is 0.853. The second-order valence-electron chi connectivity index (χ2n) is 3.99. The average Bonchev–Trinajstić information content (AvgIpc) is 2.73. The van der Waals surface area contributed by atoms with Crippen LogP contribution in [0.3, 0.4) is 0 Å². The maximum Gasteiger partial charge on any atom is 0.252 e. The van der Waals surface area contributed by atoms with Gasteiger partial charge in [-0.15, -0.1) is 0 Å². The summed E-state index contributed by atoms with van der Waals surface area (Å²) in [4.78, 5) is 22.8. The van der Waals surface area contributed by atoms with Crippen molar-refractivity contribution in [2.45, 2.75) is 18.9 Å². The molecule has 0 spiro atoms. The molecule has 1 saturated heterocycles. The number of hydrogen-bond acceptors (Lipinski definition) is 2. The van der Waals surface area contributed by atoms with Gasteiger partial charge in [-0.1, -0.05) is 23.7 Å². The summed E-state index contributed by atoms with van der Waals surface area (Å²) < 4.78 is 0. The number of rotatable bonds is 3. The van der Waals surface area contributed by atoms with Crippen LogP contribution in [0.5, 0.6) is 0 Å². The van der Waals surface area contributed by atoms with Gasteiger partial charge in [0, 0.05) is 19.0 Å². The smallest absolute Gasteiger partial charge is 0.252 e. The topological polar surface area (TPSA) is 58.2 Å². The maximum atomic E-state index is 11.8. The van der Waals surface area contributed by atoms with Gasteiger partial charge in [-0.2, -0.15) is 0 Å². The summed E-state index contributed by atoms with van der Waals surface area (Å²) in [6.45, 7) is 0.440. The van der Waals surface area contributed by atoms with Crippen molar-refractivity contribution in [3.05, 3.63) is 34.9 Å². The molecule has 1 aliphatic heterocycles. The van der Waals surface area contributed by atoms with E-state index in [-0.39, 0.29) is 17.9 Å². The van der Waals surface area contributed by atoms with Gasteiger partial charge in [0.15, 0.2) is 0 Å². The molecule has 0 aromatic heterocycles. The molecule has 90 valence electrons. The van der Waals surface area contributed by atoms with Crippen molar-refractivity contribution in [2.24, 2.45) is 0 Å². The zero-order valence-electron chi connectivity index (χ0n) is 9.20. The highest BCUT2D eigenvalue weighted by molar-refractivity contribution is 6.33. The van der Waals surface area contributed by atoms with E-state index in [9.17, 15) is 9.59 Å². The van der Waals surface area contributed by atoms with Crippen LogP contribution in [0.25, 0.3) is 0 Å². The molecule has 1 aromatic carbocycles. The van der Waals surface area contributed by atoms with Crippen LogP contribution in [-0.2, 0) is 4.79 Å². The molecular formula is C12H13ClN2O2. The summed E-state index contributed by atoms with van der Waals surface area (Å²) >= 11 is 5.91. The molecule has 5 heteroatoms. The molecule has 1 unspecified atom stereocenters. The predicted octanol–water partition coefficient (Wildman–Crippen LogP) is 1.35. The summed E-state index contributed by atoms with van der Waals surface area (Å²) in [7, 11) is 0. The molecule has 17 heavy (non-hydrogen) atoms. The fraction of sp³-hybridized carbons (Fsp3) is 0.333. The summed E-state index contributed by atoms with van der Waals surface area (Å²) in [5.74, 6) is -0.168. The Kier molecular flexibility index (Phi) is 3.64. The van der Waals surface area contributed by atoms with Gasteiger partial charge in [-0.25, -0.2) is 0 Å². The number of benzene rings is 1. The molecule has 0 saturated carbocycles. The predicted molar refractivity (Wildman–Crippen MR) is 64.9 cm³/mol. The van der Waals surface area contributed by atoms with E-state index in [0.717, 1.165) is 6.42 Å². The Morgan fingerprint density at radius 2 is 2.24 bits per heavy atom. The highest BCUT2D eigenvalue weighted by Gasteiger charge is 2.21. The van der Waals surface area contributed by atoms with Gasteiger partial charge in [0.1, 0.15) is 0 Å². The Hall–Kier alpha value is -1.55. The lowest BCUT2D eigenvalue weighted by molar-refractivity contribution is -0.119. The van der Waals surface area contributed by atoms with Gasteiger partial charge < -0.3 is 10.6 Å². The molecule has 1 atom stereocenters. The van der Waals surface area contributed by atoms with Crippen LogP contribution < -0.4 is 10.6 Å². The van der Waals surface area contributed by atoms with E-state index in [2.05, 4.69) is 10.6 Å². The maximum absolute atomic E-state index is 11.8. The summed E-state index contributed by atoms with van der Waals surface area (Å²) in [6, 6.07) is 6.92. The highest BCUT2D eigenvalue weighted by atomic mass is 35.5. The number of carbonyl (C=O) groups is 2. The summed E-state index contributed by atoms with van der Waals surface area (Å²) in [6.07, 6.45) is 1.30. The first-order chi connectivity index (χ1) is 8.16. The molecule has 0 aliphatic carbocycles. The molecule has 2 rings (SSSR count). The number of nitrogens with one attached hydrogen (secondary N) is 2. The number of hydrogen-bond donors (Lipinski definition) is 2. The lowest BCUT2D eigenvalue weighted by Crippen LogP contribution is -2.38. The van der Waals surface area contributed by atoms with Crippen molar-refractivity contribution >= 4 is 23.4 Å². The third kappa shape index (κ3) is 2.97. The lowest BCUT2D eigenvalue weighted by Gasteiger charge is -2.11. The minimum Gasteiger partial charge on any atom is -0.352 e. The number of amides is 2. The molecule has 1 fully saturated rings. The normalized spacial score (nSPS) is 18.9. The van der Waals surface area contributed by atoms with E-state index in [1.165, 1.54) is 0 Å². The molecule has 2 N–H and O–H groups in total. The van der Waals surface area contributed by atoms with E-state index in [1.54, 1.807) is 24.3 Å². The highest BCUT2D eigenvalue weighted by Crippen LogP contribution is 2.14. The van der Waals surface area contributed by atoms with Crippen LogP contribution in [0.2, 0.25) is 5.02 Å². The first-order valence-corrected chi connectivity index (χ1v) is 5.86. The van der Waals surface area contributed by atoms with E-state index in [0.29, 0.717) is 23.6 Å². The van der Waals surface area contributed by atoms with Crippen molar-refractivity contribution in [1.29, 1.82) is 0 Å². The Bertz CT molecular complexity index is 448. The van der Waals surface area contributed by atoms with Gasteiger partial charge in [0.2, 0.25) is 5.91 Å². The van der Waals surface area contributed by atoms with Crippen LogP contribution in [0.4, 0.5) is 0 Å². The fourth-order valence-electron chi connectivity index (χ4n) is 1.79. The van der Waals surface area contributed by atoms with Crippen LogP contribution in [0, 0.1) is 0 Å². The Morgan fingerprint density at radius 3 is 2.88 bits per heavy atom. The minimum atomic E-state index is -0.211. The molecular weight excluding hydrogens is 240 g/mol. The molecule has 1 heterocycles. The van der Waals surface area contributed by atoms with E-state index >= 15 is 0 Å². The van der Waals surface area contributed by atoms with E-state index in [1.807, 2.05) is 0 Å². The molecule has 2 amide bonds. The van der Waals surface area contributed by atoms with Gasteiger partial charge in [-0.05, 0) is 18.6 Å². The van der Waals surface area contributed by atoms with Crippen LogP contribution in [0.1, 0.15) is 23.2 Å². The molecule has 1 aromatic rings.